The van der Waals surface area contributed by atoms with Gasteiger partial charge in [0.05, 0.1) is 12.8 Å². The third-order valence-electron chi connectivity index (χ3n) is 1.30. The quantitative estimate of drug-likeness (QED) is 0.644. The van der Waals surface area contributed by atoms with Crippen LogP contribution in [-0.2, 0) is 22.8 Å². The Morgan fingerprint density at radius 2 is 2.42 bits per heavy atom. The smallest absolute Gasteiger partial charge is 0.140 e. The van der Waals surface area contributed by atoms with Crippen LogP contribution in [0.4, 0.5) is 0 Å². The van der Waals surface area contributed by atoms with Crippen molar-refractivity contribution in [3.05, 3.63) is 11.9 Å². The monoisotopic (exact) mass is 171 g/mol. The molecule has 0 spiro atoms. The molecule has 0 saturated carbocycles. The number of rotatable bonds is 5. The summed E-state index contributed by atoms with van der Waals surface area (Å²) < 4.78 is 11.6. The van der Waals surface area contributed by atoms with Crippen LogP contribution in [-0.4, -0.2) is 28.7 Å². The molecule has 1 aromatic heterocycles. The van der Waals surface area contributed by atoms with E-state index in [1.165, 1.54) is 0 Å². The van der Waals surface area contributed by atoms with Crippen LogP contribution < -0.4 is 0 Å². The molecule has 68 valence electrons. The molecule has 0 fully saturated rings. The molecular weight excluding hydrogens is 158 g/mol. The van der Waals surface area contributed by atoms with E-state index in [0.717, 1.165) is 5.69 Å². The van der Waals surface area contributed by atoms with Gasteiger partial charge < -0.3 is 9.47 Å². The van der Waals surface area contributed by atoms with Gasteiger partial charge in [-0.3, -0.25) is 0 Å². The van der Waals surface area contributed by atoms with Gasteiger partial charge in [-0.05, 0) is 6.92 Å². The number of nitrogens with zero attached hydrogens (tertiary/aromatic N) is 3. The number of ether oxygens (including phenoxy) is 2. The van der Waals surface area contributed by atoms with Crippen LogP contribution >= 0.6 is 0 Å². The largest absolute Gasteiger partial charge is 0.375 e. The first-order chi connectivity index (χ1) is 5.86. The molecular formula is C7H13N3O2. The first-order valence-corrected chi connectivity index (χ1v) is 3.82. The maximum absolute atomic E-state index is 5.15. The second kappa shape index (κ2) is 4.84. The summed E-state index contributed by atoms with van der Waals surface area (Å²) in [5, 5.41) is 7.70. The average molecular weight is 171 g/mol. The lowest BCUT2D eigenvalue weighted by molar-refractivity contribution is 0.118. The molecule has 0 N–H and O–H groups in total. The molecule has 0 atom stereocenters. The van der Waals surface area contributed by atoms with Crippen molar-refractivity contribution in [1.82, 2.24) is 15.0 Å². The minimum atomic E-state index is 0.430. The normalized spacial score (nSPS) is 10.5. The van der Waals surface area contributed by atoms with Crippen molar-refractivity contribution < 1.29 is 9.47 Å². The van der Waals surface area contributed by atoms with Gasteiger partial charge in [-0.25, -0.2) is 4.68 Å². The molecule has 0 aliphatic carbocycles. The fourth-order valence-electron chi connectivity index (χ4n) is 0.807. The van der Waals surface area contributed by atoms with Crippen molar-refractivity contribution >= 4 is 0 Å². The summed E-state index contributed by atoms with van der Waals surface area (Å²) in [5.41, 5.74) is 0.828. The maximum atomic E-state index is 5.15. The predicted molar refractivity (Wildman–Crippen MR) is 42.4 cm³/mol. The van der Waals surface area contributed by atoms with Crippen molar-refractivity contribution in [2.45, 2.75) is 20.3 Å². The Bertz CT molecular complexity index is 224. The van der Waals surface area contributed by atoms with E-state index in [4.69, 9.17) is 9.47 Å². The number of hydrogen-bond acceptors (Lipinski definition) is 4. The van der Waals surface area contributed by atoms with Crippen LogP contribution in [0.25, 0.3) is 0 Å². The van der Waals surface area contributed by atoms with Gasteiger partial charge in [-0.15, -0.1) is 5.10 Å². The minimum absolute atomic E-state index is 0.430. The third kappa shape index (κ3) is 2.60. The third-order valence-corrected chi connectivity index (χ3v) is 1.30. The Hall–Kier alpha value is -0.940. The molecule has 0 radical (unpaired) electrons. The van der Waals surface area contributed by atoms with Crippen molar-refractivity contribution in [3.8, 4) is 0 Å². The Morgan fingerprint density at radius 1 is 1.58 bits per heavy atom. The van der Waals surface area contributed by atoms with Gasteiger partial charge in [0.25, 0.3) is 0 Å². The topological polar surface area (TPSA) is 49.2 Å². The Kier molecular flexibility index (Phi) is 3.69. The van der Waals surface area contributed by atoms with E-state index in [9.17, 15) is 0 Å². The first kappa shape index (κ1) is 9.15. The predicted octanol–water partition coefficient (Wildman–Crippen LogP) is 0.418. The SMILES string of the molecule is CCOCc1cn(COC)nn1. The first-order valence-electron chi connectivity index (χ1n) is 3.82. The molecule has 0 bridgehead atoms. The summed E-state index contributed by atoms with van der Waals surface area (Å²) in [6.45, 7) is 3.58. The van der Waals surface area contributed by atoms with Gasteiger partial charge in [-0.2, -0.15) is 0 Å². The molecule has 5 nitrogen and oxygen atoms in total. The molecule has 1 heterocycles. The van der Waals surface area contributed by atoms with Crippen LogP contribution in [0.3, 0.4) is 0 Å². The van der Waals surface area contributed by atoms with Gasteiger partial charge >= 0.3 is 0 Å². The molecule has 0 amide bonds. The zero-order chi connectivity index (χ0) is 8.81. The van der Waals surface area contributed by atoms with Crippen molar-refractivity contribution in [3.63, 3.8) is 0 Å². The summed E-state index contributed by atoms with van der Waals surface area (Å²) in [6.07, 6.45) is 1.80. The van der Waals surface area contributed by atoms with Crippen LogP contribution in [0.5, 0.6) is 0 Å². The van der Waals surface area contributed by atoms with Crippen LogP contribution in [0, 0.1) is 0 Å². The zero-order valence-electron chi connectivity index (χ0n) is 7.36. The molecule has 0 aliphatic heterocycles. The average Bonchev–Trinajstić information content (AvgIpc) is 2.50. The van der Waals surface area contributed by atoms with Gasteiger partial charge in [0.2, 0.25) is 0 Å². The molecule has 1 aromatic rings. The fourth-order valence-corrected chi connectivity index (χ4v) is 0.807. The van der Waals surface area contributed by atoms with E-state index in [1.54, 1.807) is 18.0 Å². The highest BCUT2D eigenvalue weighted by molar-refractivity contribution is 4.88. The summed E-state index contributed by atoms with van der Waals surface area (Å²) in [5.74, 6) is 0. The van der Waals surface area contributed by atoms with E-state index in [-0.39, 0.29) is 0 Å². The van der Waals surface area contributed by atoms with Crippen LogP contribution in [0.1, 0.15) is 12.6 Å². The summed E-state index contributed by atoms with van der Waals surface area (Å²) >= 11 is 0. The number of aromatic nitrogens is 3. The number of methoxy groups -OCH3 is 1. The van der Waals surface area contributed by atoms with E-state index in [1.807, 2.05) is 6.92 Å². The standard InChI is InChI=1S/C7H13N3O2/c1-3-12-5-7-4-10(6-11-2)9-8-7/h4H,3,5-6H2,1-2H3. The highest BCUT2D eigenvalue weighted by Crippen LogP contribution is 1.95. The fraction of sp³-hybridized carbons (Fsp3) is 0.714. The van der Waals surface area contributed by atoms with Crippen LogP contribution in [0.15, 0.2) is 6.20 Å². The highest BCUT2D eigenvalue weighted by Gasteiger charge is 1.98. The Morgan fingerprint density at radius 3 is 3.08 bits per heavy atom. The second-order valence-electron chi connectivity index (χ2n) is 2.30. The molecule has 0 saturated heterocycles. The van der Waals surface area contributed by atoms with Crippen molar-refractivity contribution in [1.29, 1.82) is 0 Å². The molecule has 0 aliphatic rings. The van der Waals surface area contributed by atoms with E-state index < -0.39 is 0 Å². The summed E-state index contributed by atoms with van der Waals surface area (Å²) in [7, 11) is 1.61. The Labute approximate surface area is 71.3 Å². The highest BCUT2D eigenvalue weighted by atomic mass is 16.5. The lowest BCUT2D eigenvalue weighted by Crippen LogP contribution is -1.99. The molecule has 5 heteroatoms. The molecule has 12 heavy (non-hydrogen) atoms. The van der Waals surface area contributed by atoms with Crippen molar-refractivity contribution in [2.24, 2.45) is 0 Å². The van der Waals surface area contributed by atoms with Gasteiger partial charge in [-0.1, -0.05) is 5.21 Å². The molecule has 1 rings (SSSR count). The maximum Gasteiger partial charge on any atom is 0.140 e. The van der Waals surface area contributed by atoms with E-state index in [2.05, 4.69) is 10.3 Å². The van der Waals surface area contributed by atoms with Crippen LogP contribution in [0.2, 0.25) is 0 Å². The lowest BCUT2D eigenvalue weighted by Gasteiger charge is -1.95. The minimum Gasteiger partial charge on any atom is -0.375 e. The van der Waals surface area contributed by atoms with E-state index in [0.29, 0.717) is 19.9 Å². The zero-order valence-corrected chi connectivity index (χ0v) is 7.36. The second-order valence-corrected chi connectivity index (χ2v) is 2.30. The summed E-state index contributed by atoms with van der Waals surface area (Å²) in [6, 6.07) is 0. The lowest BCUT2D eigenvalue weighted by atomic mass is 10.5. The molecule has 0 unspecified atom stereocenters. The Balaban J connectivity index is 2.41. The van der Waals surface area contributed by atoms with Gasteiger partial charge in [0.1, 0.15) is 12.4 Å². The van der Waals surface area contributed by atoms with Gasteiger partial charge in [0, 0.05) is 13.7 Å². The van der Waals surface area contributed by atoms with Crippen molar-refractivity contribution in [2.75, 3.05) is 13.7 Å². The molecule has 0 aromatic carbocycles. The van der Waals surface area contributed by atoms with E-state index >= 15 is 0 Å². The summed E-state index contributed by atoms with van der Waals surface area (Å²) in [4.78, 5) is 0. The van der Waals surface area contributed by atoms with Gasteiger partial charge in [0.15, 0.2) is 0 Å². The number of hydrogen-bond donors (Lipinski definition) is 0.